The topological polar surface area (TPSA) is 67.8 Å². The van der Waals surface area contributed by atoms with E-state index in [4.69, 9.17) is 9.47 Å². The Morgan fingerprint density at radius 1 is 1.12 bits per heavy atom. The normalized spacial score (nSPS) is 11.7. The highest BCUT2D eigenvalue weighted by molar-refractivity contribution is 7.09. The minimum Gasteiger partial charge on any atom is -0.379 e. The first-order valence-electron chi connectivity index (χ1n) is 8.77. The van der Waals surface area contributed by atoms with Crippen LogP contribution in [-0.4, -0.2) is 57.5 Å². The molecule has 2 N–H and O–H groups in total. The Morgan fingerprint density at radius 2 is 1.88 bits per heavy atom. The number of rotatable bonds is 13. The van der Waals surface area contributed by atoms with Crippen LogP contribution >= 0.6 is 11.3 Å². The summed E-state index contributed by atoms with van der Waals surface area (Å²) in [5.41, 5.74) is 1.11. The lowest BCUT2D eigenvalue weighted by molar-refractivity contribution is 0.0487. The molecule has 1 rings (SSSR count). The molecule has 0 bridgehead atoms. The molecule has 0 spiro atoms. The van der Waals surface area contributed by atoms with Crippen molar-refractivity contribution in [2.75, 3.05) is 46.6 Å². The highest BCUT2D eigenvalue weighted by atomic mass is 32.1. The standard InChI is InChI=1S/C17H32N4O2S/c1-4-5-10-22-12-13-23-11-9-20-17(18-3)19-8-6-7-16-21-15(2)14-24-16/h14H,4-13H2,1-3H3,(H2,18,19,20). The summed E-state index contributed by atoms with van der Waals surface area (Å²) in [6.45, 7) is 8.60. The fourth-order valence-electron chi connectivity index (χ4n) is 1.99. The number of nitrogens with zero attached hydrogens (tertiary/aromatic N) is 2. The maximum Gasteiger partial charge on any atom is 0.191 e. The average molecular weight is 357 g/mol. The first kappa shape index (κ1) is 20.9. The quantitative estimate of drug-likeness (QED) is 0.323. The van der Waals surface area contributed by atoms with Gasteiger partial charge >= 0.3 is 0 Å². The van der Waals surface area contributed by atoms with Crippen molar-refractivity contribution in [2.24, 2.45) is 4.99 Å². The second kappa shape index (κ2) is 14.2. The molecule has 0 atom stereocenters. The lowest BCUT2D eigenvalue weighted by atomic mass is 10.3. The molecule has 1 aromatic heterocycles. The van der Waals surface area contributed by atoms with Crippen molar-refractivity contribution >= 4 is 17.3 Å². The van der Waals surface area contributed by atoms with Gasteiger partial charge in [-0.25, -0.2) is 4.98 Å². The molecule has 0 amide bonds. The highest BCUT2D eigenvalue weighted by Gasteiger charge is 2.00. The van der Waals surface area contributed by atoms with Crippen molar-refractivity contribution in [1.82, 2.24) is 15.6 Å². The predicted molar refractivity (Wildman–Crippen MR) is 101 cm³/mol. The van der Waals surface area contributed by atoms with E-state index in [2.05, 4.69) is 32.9 Å². The van der Waals surface area contributed by atoms with Crippen LogP contribution in [0.2, 0.25) is 0 Å². The van der Waals surface area contributed by atoms with Crippen LogP contribution in [0.25, 0.3) is 0 Å². The van der Waals surface area contributed by atoms with Crippen LogP contribution in [0.3, 0.4) is 0 Å². The van der Waals surface area contributed by atoms with Crippen LogP contribution < -0.4 is 10.6 Å². The first-order chi connectivity index (χ1) is 11.8. The summed E-state index contributed by atoms with van der Waals surface area (Å²) in [5, 5.41) is 9.85. The molecule has 1 heterocycles. The number of hydrogen-bond donors (Lipinski definition) is 2. The van der Waals surface area contributed by atoms with E-state index in [-0.39, 0.29) is 0 Å². The number of aliphatic imine (C=N–C) groups is 1. The molecule has 0 aliphatic rings. The van der Waals surface area contributed by atoms with Gasteiger partial charge in [-0.05, 0) is 19.8 Å². The lowest BCUT2D eigenvalue weighted by Crippen LogP contribution is -2.39. The molecule has 0 aliphatic heterocycles. The molecule has 138 valence electrons. The Hall–Kier alpha value is -1.18. The van der Waals surface area contributed by atoms with Crippen molar-refractivity contribution in [1.29, 1.82) is 0 Å². The van der Waals surface area contributed by atoms with Gasteiger partial charge < -0.3 is 20.1 Å². The van der Waals surface area contributed by atoms with Gasteiger partial charge in [0.25, 0.3) is 0 Å². The number of unbranched alkanes of at least 4 members (excludes halogenated alkanes) is 1. The van der Waals surface area contributed by atoms with Crippen LogP contribution in [0, 0.1) is 6.92 Å². The number of aromatic nitrogens is 1. The van der Waals surface area contributed by atoms with E-state index in [1.807, 2.05) is 6.92 Å². The van der Waals surface area contributed by atoms with E-state index >= 15 is 0 Å². The molecule has 0 fully saturated rings. The summed E-state index contributed by atoms with van der Waals surface area (Å²) >= 11 is 1.73. The van der Waals surface area contributed by atoms with E-state index in [1.54, 1.807) is 18.4 Å². The Balaban J connectivity index is 1.95. The second-order valence-corrected chi connectivity index (χ2v) is 6.43. The molecule has 7 heteroatoms. The molecule has 0 saturated carbocycles. The number of guanidine groups is 1. The summed E-state index contributed by atoms with van der Waals surface area (Å²) in [5.74, 6) is 0.813. The fraction of sp³-hybridized carbons (Fsp3) is 0.765. The fourth-order valence-corrected chi connectivity index (χ4v) is 2.81. The SMILES string of the molecule is CCCCOCCOCCNC(=NC)NCCCc1nc(C)cs1. The Kier molecular flexibility index (Phi) is 12.3. The van der Waals surface area contributed by atoms with Gasteiger partial charge in [0.1, 0.15) is 0 Å². The Bertz CT molecular complexity index is 452. The largest absolute Gasteiger partial charge is 0.379 e. The molecular weight excluding hydrogens is 324 g/mol. The van der Waals surface area contributed by atoms with Gasteiger partial charge in [0.15, 0.2) is 5.96 Å². The summed E-state index contributed by atoms with van der Waals surface area (Å²) in [6.07, 6.45) is 4.33. The van der Waals surface area contributed by atoms with Gasteiger partial charge in [0.2, 0.25) is 0 Å². The molecule has 6 nitrogen and oxygen atoms in total. The van der Waals surface area contributed by atoms with Crippen LogP contribution in [0.1, 0.15) is 36.9 Å². The van der Waals surface area contributed by atoms with Crippen LogP contribution in [0.4, 0.5) is 0 Å². The molecule has 0 unspecified atom stereocenters. The third-order valence-electron chi connectivity index (χ3n) is 3.30. The van der Waals surface area contributed by atoms with Crippen molar-refractivity contribution in [3.63, 3.8) is 0 Å². The van der Waals surface area contributed by atoms with Gasteiger partial charge in [0.05, 0.1) is 24.8 Å². The van der Waals surface area contributed by atoms with Crippen LogP contribution in [-0.2, 0) is 15.9 Å². The zero-order chi connectivity index (χ0) is 17.5. The van der Waals surface area contributed by atoms with Crippen molar-refractivity contribution in [2.45, 2.75) is 39.5 Å². The Labute approximate surface area is 150 Å². The number of nitrogens with one attached hydrogen (secondary N) is 2. The minimum atomic E-state index is 0.644. The van der Waals surface area contributed by atoms with Gasteiger partial charge in [0, 0.05) is 44.2 Å². The predicted octanol–water partition coefficient (Wildman–Crippen LogP) is 2.38. The zero-order valence-corrected chi connectivity index (χ0v) is 16.1. The van der Waals surface area contributed by atoms with Crippen LogP contribution in [0.15, 0.2) is 10.4 Å². The minimum absolute atomic E-state index is 0.644. The van der Waals surface area contributed by atoms with Crippen molar-refractivity contribution in [3.05, 3.63) is 16.1 Å². The maximum absolute atomic E-state index is 5.52. The average Bonchev–Trinajstić information content (AvgIpc) is 3.00. The van der Waals surface area contributed by atoms with E-state index < -0.39 is 0 Å². The summed E-state index contributed by atoms with van der Waals surface area (Å²) in [7, 11) is 1.78. The highest BCUT2D eigenvalue weighted by Crippen LogP contribution is 2.10. The van der Waals surface area contributed by atoms with E-state index in [1.165, 1.54) is 11.4 Å². The number of hydrogen-bond acceptors (Lipinski definition) is 5. The molecule has 24 heavy (non-hydrogen) atoms. The van der Waals surface area contributed by atoms with Crippen molar-refractivity contribution < 1.29 is 9.47 Å². The summed E-state index contributed by atoms with van der Waals surface area (Å²) in [6, 6.07) is 0. The Morgan fingerprint density at radius 3 is 2.54 bits per heavy atom. The summed E-state index contributed by atoms with van der Waals surface area (Å²) in [4.78, 5) is 8.67. The van der Waals surface area contributed by atoms with E-state index in [0.29, 0.717) is 19.8 Å². The smallest absolute Gasteiger partial charge is 0.191 e. The first-order valence-corrected chi connectivity index (χ1v) is 9.65. The van der Waals surface area contributed by atoms with Gasteiger partial charge in [-0.3, -0.25) is 4.99 Å². The second-order valence-electron chi connectivity index (χ2n) is 5.49. The number of thiazole rings is 1. The molecule has 0 aromatic carbocycles. The van der Waals surface area contributed by atoms with Crippen LogP contribution in [0.5, 0.6) is 0 Å². The lowest BCUT2D eigenvalue weighted by Gasteiger charge is -2.12. The van der Waals surface area contributed by atoms with Gasteiger partial charge in [-0.2, -0.15) is 0 Å². The third-order valence-corrected chi connectivity index (χ3v) is 4.33. The molecular formula is C17H32N4O2S. The molecule has 0 saturated heterocycles. The molecule has 0 radical (unpaired) electrons. The van der Waals surface area contributed by atoms with Crippen molar-refractivity contribution in [3.8, 4) is 0 Å². The summed E-state index contributed by atoms with van der Waals surface area (Å²) < 4.78 is 11.0. The van der Waals surface area contributed by atoms with Gasteiger partial charge in [-0.15, -0.1) is 11.3 Å². The maximum atomic E-state index is 5.52. The zero-order valence-electron chi connectivity index (χ0n) is 15.3. The third kappa shape index (κ3) is 10.6. The van der Waals surface area contributed by atoms with E-state index in [9.17, 15) is 0 Å². The molecule has 1 aromatic rings. The number of aryl methyl sites for hydroxylation is 2. The van der Waals surface area contributed by atoms with Gasteiger partial charge in [-0.1, -0.05) is 13.3 Å². The monoisotopic (exact) mass is 356 g/mol. The van der Waals surface area contributed by atoms with E-state index in [0.717, 1.165) is 50.6 Å². The molecule has 0 aliphatic carbocycles. The number of ether oxygens (including phenoxy) is 2.